The van der Waals surface area contributed by atoms with Crippen LogP contribution in [0.5, 0.6) is 0 Å². The number of Topliss-reactive ketones (excluding diaryl/α,β-unsaturated/α-hetero) is 1. The van der Waals surface area contributed by atoms with Crippen LogP contribution in [0.3, 0.4) is 0 Å². The van der Waals surface area contributed by atoms with E-state index >= 15 is 0 Å². The van der Waals surface area contributed by atoms with E-state index < -0.39 is 58.8 Å². The number of hydrogen-bond donors (Lipinski definition) is 0. The van der Waals surface area contributed by atoms with Crippen LogP contribution < -0.4 is 0 Å². The molecule has 0 saturated carbocycles. The molecule has 0 amide bonds. The number of nitrogens with zero attached hydrogens (tertiary/aromatic N) is 3. The lowest BCUT2D eigenvalue weighted by molar-refractivity contribution is -0.389. The fraction of sp³-hybridized carbons (Fsp3) is 0.600. The van der Waals surface area contributed by atoms with Gasteiger partial charge in [-0.15, -0.1) is 0 Å². The van der Waals surface area contributed by atoms with E-state index in [1.54, 1.807) is 0 Å². The molecule has 0 unspecified atom stereocenters. The Balaban J connectivity index is 2.86. The number of ketones is 1. The van der Waals surface area contributed by atoms with E-state index in [4.69, 9.17) is 0 Å². The van der Waals surface area contributed by atoms with Crippen LogP contribution in [0.15, 0.2) is 6.20 Å². The van der Waals surface area contributed by atoms with Gasteiger partial charge < -0.3 is 10.1 Å². The normalized spacial score (nSPS) is 12.3. The summed E-state index contributed by atoms with van der Waals surface area (Å²) in [5, 5.41) is 10.6. The molecule has 0 atom stereocenters. The van der Waals surface area contributed by atoms with Gasteiger partial charge in [-0.05, 0) is 9.91 Å². The molecule has 1 aromatic heterocycles. The summed E-state index contributed by atoms with van der Waals surface area (Å²) in [5.74, 6) is -1.78. The van der Waals surface area contributed by atoms with E-state index in [9.17, 15) is 36.5 Å². The number of rotatable bonds is 8. The Labute approximate surface area is 128 Å². The minimum Gasteiger partial charge on any atom is -0.358 e. The second kappa shape index (κ2) is 7.04. The van der Waals surface area contributed by atoms with Gasteiger partial charge in [-0.3, -0.25) is 13.5 Å². The standard InChI is InChI=1S/C10H12F3N3O6S/c1-23(20,21)22-6-9-14-8(16(18)19)5-15(9)4-7(17)2-3-10(11,12)13/h5H,2-4,6H2,1H3. The zero-order valence-corrected chi connectivity index (χ0v) is 12.6. The number of halogens is 3. The molecule has 0 aliphatic heterocycles. The summed E-state index contributed by atoms with van der Waals surface area (Å²) in [6.07, 6.45) is -5.06. The van der Waals surface area contributed by atoms with Gasteiger partial charge in [0, 0.05) is 6.42 Å². The molecule has 0 radical (unpaired) electrons. The number of carbonyl (C=O) groups is 1. The Morgan fingerprint density at radius 3 is 2.57 bits per heavy atom. The number of carbonyl (C=O) groups excluding carboxylic acids is 1. The summed E-state index contributed by atoms with van der Waals surface area (Å²) >= 11 is 0. The van der Waals surface area contributed by atoms with Crippen molar-refractivity contribution >= 4 is 21.7 Å². The lowest BCUT2D eigenvalue weighted by Gasteiger charge is -2.06. The number of alkyl halides is 3. The monoisotopic (exact) mass is 359 g/mol. The van der Waals surface area contributed by atoms with Crippen LogP contribution in [0.1, 0.15) is 18.7 Å². The molecule has 13 heteroatoms. The predicted molar refractivity (Wildman–Crippen MR) is 68.8 cm³/mol. The summed E-state index contributed by atoms with van der Waals surface area (Å²) in [4.78, 5) is 24.7. The highest BCUT2D eigenvalue weighted by Crippen LogP contribution is 2.22. The SMILES string of the molecule is CS(=O)(=O)OCc1nc([N+](=O)[O-])cn1CC(=O)CCC(F)(F)F. The van der Waals surface area contributed by atoms with Crippen molar-refractivity contribution in [3.8, 4) is 0 Å². The molecule has 0 saturated heterocycles. The van der Waals surface area contributed by atoms with Crippen molar-refractivity contribution in [3.63, 3.8) is 0 Å². The van der Waals surface area contributed by atoms with E-state index in [1.165, 1.54) is 0 Å². The highest BCUT2D eigenvalue weighted by Gasteiger charge is 2.28. The van der Waals surface area contributed by atoms with Gasteiger partial charge in [0.15, 0.2) is 5.78 Å². The van der Waals surface area contributed by atoms with Gasteiger partial charge in [-0.2, -0.15) is 21.6 Å². The second-order valence-electron chi connectivity index (χ2n) is 4.52. The summed E-state index contributed by atoms with van der Waals surface area (Å²) in [5.41, 5.74) is 0. The fourth-order valence-corrected chi connectivity index (χ4v) is 1.81. The zero-order chi connectivity index (χ0) is 17.8. The first-order valence-corrected chi connectivity index (χ1v) is 7.82. The minimum absolute atomic E-state index is 0.262. The molecule has 9 nitrogen and oxygen atoms in total. The molecule has 23 heavy (non-hydrogen) atoms. The van der Waals surface area contributed by atoms with Crippen molar-refractivity contribution in [2.45, 2.75) is 32.2 Å². The summed E-state index contributed by atoms with van der Waals surface area (Å²) in [6.45, 7) is -1.29. The van der Waals surface area contributed by atoms with E-state index in [1.807, 2.05) is 0 Å². The number of imidazole rings is 1. The summed E-state index contributed by atoms with van der Waals surface area (Å²) in [7, 11) is -3.86. The Morgan fingerprint density at radius 2 is 2.09 bits per heavy atom. The molecule has 0 spiro atoms. The Hall–Kier alpha value is -2.02. The summed E-state index contributed by atoms with van der Waals surface area (Å²) in [6, 6.07) is 0. The number of aromatic nitrogens is 2. The Kier molecular flexibility index (Phi) is 5.82. The van der Waals surface area contributed by atoms with Crippen molar-refractivity contribution in [2.75, 3.05) is 6.26 Å². The van der Waals surface area contributed by atoms with Crippen LogP contribution in [0.4, 0.5) is 19.0 Å². The first kappa shape index (κ1) is 19.0. The van der Waals surface area contributed by atoms with Crippen LogP contribution in [-0.4, -0.2) is 41.1 Å². The maximum atomic E-state index is 12.0. The molecule has 1 heterocycles. The molecule has 1 rings (SSSR count). The smallest absolute Gasteiger partial charge is 0.358 e. The van der Waals surface area contributed by atoms with E-state index in [0.29, 0.717) is 0 Å². The zero-order valence-electron chi connectivity index (χ0n) is 11.7. The summed E-state index contributed by atoms with van der Waals surface area (Å²) < 4.78 is 63.3. The van der Waals surface area contributed by atoms with Gasteiger partial charge in [0.2, 0.25) is 0 Å². The molecule has 130 valence electrons. The van der Waals surface area contributed by atoms with Gasteiger partial charge in [0.05, 0.1) is 19.2 Å². The van der Waals surface area contributed by atoms with Gasteiger partial charge in [-0.25, -0.2) is 0 Å². The van der Waals surface area contributed by atoms with Gasteiger partial charge >= 0.3 is 12.0 Å². The molecular formula is C10H12F3N3O6S. The highest BCUT2D eigenvalue weighted by molar-refractivity contribution is 7.85. The maximum absolute atomic E-state index is 12.0. The van der Waals surface area contributed by atoms with Crippen LogP contribution in [0.25, 0.3) is 0 Å². The van der Waals surface area contributed by atoms with E-state index in [-0.39, 0.29) is 5.82 Å². The molecule has 0 aliphatic rings. The molecule has 0 aromatic carbocycles. The van der Waals surface area contributed by atoms with Crippen LogP contribution >= 0.6 is 0 Å². The lowest BCUT2D eigenvalue weighted by Crippen LogP contribution is -2.17. The van der Waals surface area contributed by atoms with Crippen molar-refractivity contribution in [1.82, 2.24) is 9.55 Å². The third-order valence-electron chi connectivity index (χ3n) is 2.47. The van der Waals surface area contributed by atoms with E-state index in [2.05, 4.69) is 9.17 Å². The molecule has 0 bridgehead atoms. The van der Waals surface area contributed by atoms with Gasteiger partial charge in [0.25, 0.3) is 15.9 Å². The van der Waals surface area contributed by atoms with E-state index in [0.717, 1.165) is 17.0 Å². The molecule has 0 aliphatic carbocycles. The van der Waals surface area contributed by atoms with Crippen molar-refractivity contribution in [3.05, 3.63) is 22.1 Å². The molecule has 1 aromatic rings. The highest BCUT2D eigenvalue weighted by atomic mass is 32.2. The van der Waals surface area contributed by atoms with Gasteiger partial charge in [-0.1, -0.05) is 0 Å². The van der Waals surface area contributed by atoms with Crippen molar-refractivity contribution in [1.29, 1.82) is 0 Å². The van der Waals surface area contributed by atoms with Crippen LogP contribution in [0.2, 0.25) is 0 Å². The number of hydrogen-bond acceptors (Lipinski definition) is 7. The predicted octanol–water partition coefficient (Wildman–Crippen LogP) is 1.18. The average Bonchev–Trinajstić information content (AvgIpc) is 2.76. The first-order chi connectivity index (χ1) is 10.4. The number of nitro groups is 1. The third kappa shape index (κ3) is 7.19. The van der Waals surface area contributed by atoms with Gasteiger partial charge in [0.1, 0.15) is 12.8 Å². The quantitative estimate of drug-likeness (QED) is 0.388. The third-order valence-corrected chi connectivity index (χ3v) is 3.02. The topological polar surface area (TPSA) is 121 Å². The first-order valence-electron chi connectivity index (χ1n) is 6.00. The van der Waals surface area contributed by atoms with Crippen LogP contribution in [0, 0.1) is 10.1 Å². The molecule has 0 N–H and O–H groups in total. The van der Waals surface area contributed by atoms with Crippen LogP contribution in [-0.2, 0) is 32.2 Å². The average molecular weight is 359 g/mol. The van der Waals surface area contributed by atoms with Crippen molar-refractivity contribution < 1.29 is 35.5 Å². The molecule has 0 fully saturated rings. The second-order valence-corrected chi connectivity index (χ2v) is 6.16. The minimum atomic E-state index is -4.50. The lowest BCUT2D eigenvalue weighted by atomic mass is 10.2. The fourth-order valence-electron chi connectivity index (χ4n) is 1.49. The Bertz CT molecular complexity index is 697. The Morgan fingerprint density at radius 1 is 1.48 bits per heavy atom. The maximum Gasteiger partial charge on any atom is 0.389 e. The van der Waals surface area contributed by atoms with Crippen molar-refractivity contribution in [2.24, 2.45) is 0 Å². The molecular weight excluding hydrogens is 347 g/mol. The largest absolute Gasteiger partial charge is 0.389 e.